The predicted molar refractivity (Wildman–Crippen MR) is 101 cm³/mol. The third-order valence-electron chi connectivity index (χ3n) is 4.30. The number of hydrogen-bond acceptors (Lipinski definition) is 5. The van der Waals surface area contributed by atoms with Crippen molar-refractivity contribution in [2.45, 2.75) is 18.2 Å². The number of aromatic amines is 1. The van der Waals surface area contributed by atoms with Crippen molar-refractivity contribution < 1.29 is 12.6 Å². The molecule has 0 saturated carbocycles. The third kappa shape index (κ3) is 3.36. The lowest BCUT2D eigenvalue weighted by molar-refractivity contribution is 0.320. The highest BCUT2D eigenvalue weighted by Gasteiger charge is 2.15. The minimum absolute atomic E-state index is 0.0596. The Balaban J connectivity index is 1.56. The van der Waals surface area contributed by atoms with E-state index in [1.54, 1.807) is 18.2 Å². The summed E-state index contributed by atoms with van der Waals surface area (Å²) in [6.45, 7) is 1.82. The first kappa shape index (κ1) is 17.4. The molecule has 2 aromatic carbocycles. The van der Waals surface area contributed by atoms with Crippen LogP contribution in [0.2, 0.25) is 0 Å². The second kappa shape index (κ2) is 6.64. The predicted octanol–water partition coefficient (Wildman–Crippen LogP) is 2.43. The topological polar surface area (TPSA) is 93.5 Å². The van der Waals surface area contributed by atoms with E-state index >= 15 is 0 Å². The van der Waals surface area contributed by atoms with Crippen LogP contribution >= 0.6 is 0 Å². The van der Waals surface area contributed by atoms with E-state index in [1.165, 1.54) is 16.6 Å². The number of para-hydroxylation sites is 1. The van der Waals surface area contributed by atoms with E-state index in [1.807, 2.05) is 31.2 Å². The van der Waals surface area contributed by atoms with Crippen molar-refractivity contribution in [3.8, 4) is 0 Å². The number of H-pyrrole nitrogens is 1. The number of benzene rings is 2. The Bertz CT molecular complexity index is 1290. The van der Waals surface area contributed by atoms with Gasteiger partial charge in [0, 0.05) is 11.8 Å². The summed E-state index contributed by atoms with van der Waals surface area (Å²) >= 11 is 0. The fraction of sp³-hybridized carbons (Fsp3) is 0.158. The van der Waals surface area contributed by atoms with Crippen molar-refractivity contribution in [2.75, 3.05) is 6.61 Å². The van der Waals surface area contributed by atoms with Crippen LogP contribution in [0.3, 0.4) is 0 Å². The zero-order chi connectivity index (χ0) is 19.0. The molecule has 1 N–H and O–H groups in total. The molecule has 0 aliphatic rings. The quantitative estimate of drug-likeness (QED) is 0.534. The molecule has 0 amide bonds. The highest BCUT2D eigenvalue weighted by atomic mass is 32.2. The summed E-state index contributed by atoms with van der Waals surface area (Å²) in [4.78, 5) is 15.1. The zero-order valence-electron chi connectivity index (χ0n) is 14.5. The van der Waals surface area contributed by atoms with E-state index in [-0.39, 0.29) is 23.6 Å². The highest BCUT2D eigenvalue weighted by molar-refractivity contribution is 7.86. The van der Waals surface area contributed by atoms with Gasteiger partial charge in [-0.05, 0) is 31.2 Å². The van der Waals surface area contributed by atoms with Crippen LogP contribution in [0.4, 0.5) is 0 Å². The van der Waals surface area contributed by atoms with Gasteiger partial charge in [0.25, 0.3) is 10.1 Å². The molecule has 0 aliphatic heterocycles. The molecule has 8 heteroatoms. The van der Waals surface area contributed by atoms with E-state index < -0.39 is 10.1 Å². The molecule has 0 aliphatic carbocycles. The van der Waals surface area contributed by atoms with Crippen molar-refractivity contribution >= 4 is 26.5 Å². The number of nitrogens with one attached hydrogen (secondary N) is 1. The fourth-order valence-corrected chi connectivity index (χ4v) is 3.82. The molecule has 138 valence electrons. The van der Waals surface area contributed by atoms with Crippen LogP contribution in [0, 0.1) is 6.92 Å². The van der Waals surface area contributed by atoms with Crippen LogP contribution in [0.1, 0.15) is 11.3 Å². The molecule has 4 aromatic rings. The molecule has 0 saturated heterocycles. The maximum absolute atomic E-state index is 12.2. The van der Waals surface area contributed by atoms with E-state index in [9.17, 15) is 13.2 Å². The molecule has 0 fully saturated rings. The first-order valence-electron chi connectivity index (χ1n) is 8.40. The summed E-state index contributed by atoms with van der Waals surface area (Å²) in [5.74, 6) is 0. The second-order valence-electron chi connectivity index (χ2n) is 6.25. The van der Waals surface area contributed by atoms with Gasteiger partial charge in [0.2, 0.25) is 0 Å². The molecule has 0 spiro atoms. The summed E-state index contributed by atoms with van der Waals surface area (Å²) in [6, 6.07) is 15.7. The normalized spacial score (nSPS) is 12.0. The van der Waals surface area contributed by atoms with Gasteiger partial charge in [-0.25, -0.2) is 4.79 Å². The van der Waals surface area contributed by atoms with E-state index in [2.05, 4.69) is 10.1 Å². The lowest BCUT2D eigenvalue weighted by Gasteiger charge is -2.05. The Labute approximate surface area is 155 Å². The SMILES string of the molecule is Cc1ccc(S(=O)(=O)OCCc2cc3c4ccccc4[nH]c(=O)n3n2)cc1. The van der Waals surface area contributed by atoms with E-state index in [0.717, 1.165) is 16.5 Å². The minimum Gasteiger partial charge on any atom is -0.305 e. The number of nitrogens with zero attached hydrogens (tertiary/aromatic N) is 2. The summed E-state index contributed by atoms with van der Waals surface area (Å²) < 4.78 is 30.9. The van der Waals surface area contributed by atoms with Crippen molar-refractivity contribution in [1.29, 1.82) is 0 Å². The summed E-state index contributed by atoms with van der Waals surface area (Å²) in [6.07, 6.45) is 0.264. The van der Waals surface area contributed by atoms with Crippen LogP contribution < -0.4 is 5.69 Å². The second-order valence-corrected chi connectivity index (χ2v) is 7.86. The van der Waals surface area contributed by atoms with Crippen LogP contribution in [0.25, 0.3) is 16.4 Å². The van der Waals surface area contributed by atoms with Gasteiger partial charge in [-0.2, -0.15) is 18.0 Å². The first-order chi connectivity index (χ1) is 12.9. The number of hydrogen-bond donors (Lipinski definition) is 1. The maximum Gasteiger partial charge on any atom is 0.347 e. The van der Waals surface area contributed by atoms with Crippen LogP contribution in [0.15, 0.2) is 64.3 Å². The van der Waals surface area contributed by atoms with Crippen molar-refractivity contribution in [1.82, 2.24) is 14.6 Å². The van der Waals surface area contributed by atoms with E-state index in [4.69, 9.17) is 4.18 Å². The number of fused-ring (bicyclic) bond motifs is 3. The average Bonchev–Trinajstić information content (AvgIpc) is 3.07. The van der Waals surface area contributed by atoms with Gasteiger partial charge in [0.15, 0.2) is 0 Å². The lowest BCUT2D eigenvalue weighted by Crippen LogP contribution is -2.17. The molecule has 7 nitrogen and oxygen atoms in total. The molecule has 4 rings (SSSR count). The Morgan fingerprint density at radius 3 is 2.63 bits per heavy atom. The molecule has 27 heavy (non-hydrogen) atoms. The van der Waals surface area contributed by atoms with Crippen molar-refractivity contribution in [3.05, 3.63) is 76.3 Å². The van der Waals surface area contributed by atoms with Gasteiger partial charge in [-0.3, -0.25) is 4.18 Å². The summed E-state index contributed by atoms with van der Waals surface area (Å²) in [7, 11) is -3.82. The van der Waals surface area contributed by atoms with Gasteiger partial charge in [-0.15, -0.1) is 0 Å². The van der Waals surface area contributed by atoms with Gasteiger partial charge >= 0.3 is 5.69 Å². The lowest BCUT2D eigenvalue weighted by atomic mass is 10.2. The van der Waals surface area contributed by atoms with Gasteiger partial charge in [0.1, 0.15) is 0 Å². The highest BCUT2D eigenvalue weighted by Crippen LogP contribution is 2.18. The van der Waals surface area contributed by atoms with Crippen LogP contribution in [-0.2, 0) is 20.7 Å². The molecule has 0 unspecified atom stereocenters. The molecule has 0 bridgehead atoms. The monoisotopic (exact) mass is 383 g/mol. The molecule has 2 aromatic heterocycles. The molecular weight excluding hydrogens is 366 g/mol. The number of aromatic nitrogens is 3. The standard InChI is InChI=1S/C19H17N3O4S/c1-13-6-8-15(9-7-13)27(24,25)26-11-10-14-12-18-16-4-2-3-5-17(16)20-19(23)22(18)21-14/h2-9,12H,10-11H2,1H3,(H,20,23). The Hall–Kier alpha value is -2.97. The summed E-state index contributed by atoms with van der Waals surface area (Å²) in [5, 5.41) is 5.13. The minimum atomic E-state index is -3.82. The van der Waals surface area contributed by atoms with Gasteiger partial charge in [-0.1, -0.05) is 35.9 Å². The van der Waals surface area contributed by atoms with Crippen LogP contribution in [-0.4, -0.2) is 29.6 Å². The van der Waals surface area contributed by atoms with Crippen LogP contribution in [0.5, 0.6) is 0 Å². The Morgan fingerprint density at radius 2 is 1.85 bits per heavy atom. The molecule has 0 atom stereocenters. The van der Waals surface area contributed by atoms with Crippen molar-refractivity contribution in [2.24, 2.45) is 0 Å². The first-order valence-corrected chi connectivity index (χ1v) is 9.81. The Morgan fingerprint density at radius 1 is 1.11 bits per heavy atom. The van der Waals surface area contributed by atoms with E-state index in [0.29, 0.717) is 11.2 Å². The Kier molecular flexibility index (Phi) is 4.29. The molecule has 0 radical (unpaired) electrons. The largest absolute Gasteiger partial charge is 0.347 e. The smallest absolute Gasteiger partial charge is 0.305 e. The van der Waals surface area contributed by atoms with Gasteiger partial charge < -0.3 is 4.98 Å². The number of rotatable bonds is 5. The average molecular weight is 383 g/mol. The molecule has 2 heterocycles. The zero-order valence-corrected chi connectivity index (χ0v) is 15.4. The van der Waals surface area contributed by atoms with Gasteiger partial charge in [0.05, 0.1) is 28.2 Å². The summed E-state index contributed by atoms with van der Waals surface area (Å²) in [5.41, 5.74) is 2.60. The third-order valence-corrected chi connectivity index (χ3v) is 5.63. The number of aryl methyl sites for hydroxylation is 1. The van der Waals surface area contributed by atoms with Crippen molar-refractivity contribution in [3.63, 3.8) is 0 Å². The maximum atomic E-state index is 12.2. The fourth-order valence-electron chi connectivity index (χ4n) is 2.91. The molecular formula is C19H17N3O4S.